The molecule has 0 radical (unpaired) electrons. The number of ether oxygens (including phenoxy) is 1. The van der Waals surface area contributed by atoms with Crippen LogP contribution in [0.5, 0.6) is 5.75 Å². The zero-order chi connectivity index (χ0) is 20.8. The number of hydrogen-bond acceptors (Lipinski definition) is 3. The first kappa shape index (κ1) is 20.3. The number of benzene rings is 3. The molecule has 0 heterocycles. The third-order valence-corrected chi connectivity index (χ3v) is 4.66. The smallest absolute Gasteiger partial charge is 0.304 e. The highest BCUT2D eigenvalue weighted by Crippen LogP contribution is 2.25. The molecule has 148 valence electrons. The van der Waals surface area contributed by atoms with Crippen molar-refractivity contribution < 1.29 is 23.8 Å². The highest BCUT2D eigenvalue weighted by Gasteiger charge is 2.20. The predicted octanol–water partition coefficient (Wildman–Crippen LogP) is 5.22. The summed E-state index contributed by atoms with van der Waals surface area (Å²) in [6.07, 6.45) is -0.230. The van der Waals surface area contributed by atoms with E-state index in [4.69, 9.17) is 9.84 Å². The fourth-order valence-corrected chi connectivity index (χ4v) is 3.12. The second-order valence-electron chi connectivity index (χ2n) is 6.83. The number of carboxylic acids is 1. The number of carbonyl (C=O) groups is 2. The summed E-state index contributed by atoms with van der Waals surface area (Å²) in [5, 5.41) is 8.98. The molecule has 1 atom stereocenters. The SMILES string of the molecule is CC(=O)C(CC(=O)O)c1ccc(OCc2cccc(-c3ccc(F)cc3)c2)cc1. The van der Waals surface area contributed by atoms with Gasteiger partial charge in [-0.2, -0.15) is 0 Å². The summed E-state index contributed by atoms with van der Waals surface area (Å²) >= 11 is 0. The molecule has 3 aromatic carbocycles. The number of aliphatic carboxylic acids is 1. The van der Waals surface area contributed by atoms with E-state index < -0.39 is 11.9 Å². The van der Waals surface area contributed by atoms with Gasteiger partial charge in [-0.05, 0) is 59.5 Å². The Balaban J connectivity index is 1.67. The third kappa shape index (κ3) is 5.51. The van der Waals surface area contributed by atoms with Crippen LogP contribution in [0.4, 0.5) is 4.39 Å². The number of hydrogen-bond donors (Lipinski definition) is 1. The van der Waals surface area contributed by atoms with Gasteiger partial charge >= 0.3 is 5.97 Å². The van der Waals surface area contributed by atoms with Crippen LogP contribution in [-0.4, -0.2) is 16.9 Å². The van der Waals surface area contributed by atoms with Crippen LogP contribution < -0.4 is 4.74 Å². The van der Waals surface area contributed by atoms with Crippen LogP contribution in [0.3, 0.4) is 0 Å². The molecule has 0 aliphatic carbocycles. The van der Waals surface area contributed by atoms with E-state index in [1.54, 1.807) is 36.4 Å². The van der Waals surface area contributed by atoms with Crippen molar-refractivity contribution in [2.45, 2.75) is 25.9 Å². The fourth-order valence-electron chi connectivity index (χ4n) is 3.12. The highest BCUT2D eigenvalue weighted by molar-refractivity contribution is 5.87. The summed E-state index contributed by atoms with van der Waals surface area (Å²) in [4.78, 5) is 22.7. The minimum absolute atomic E-state index is 0.182. The summed E-state index contributed by atoms with van der Waals surface area (Å²) in [6, 6.07) is 21.0. The molecule has 1 N–H and O–H groups in total. The predicted molar refractivity (Wildman–Crippen MR) is 108 cm³/mol. The highest BCUT2D eigenvalue weighted by atomic mass is 19.1. The number of carboxylic acid groups (broad SMARTS) is 1. The summed E-state index contributed by atoms with van der Waals surface area (Å²) in [6.45, 7) is 1.74. The quantitative estimate of drug-likeness (QED) is 0.571. The van der Waals surface area contributed by atoms with Crippen molar-refractivity contribution in [3.05, 3.63) is 89.7 Å². The first-order valence-electron chi connectivity index (χ1n) is 9.22. The number of halogens is 1. The third-order valence-electron chi connectivity index (χ3n) is 4.66. The monoisotopic (exact) mass is 392 g/mol. The average Bonchev–Trinajstić information content (AvgIpc) is 2.71. The number of carbonyl (C=O) groups excluding carboxylic acids is 1. The second kappa shape index (κ2) is 9.15. The van der Waals surface area contributed by atoms with Gasteiger partial charge in [0.05, 0.1) is 12.3 Å². The summed E-state index contributed by atoms with van der Waals surface area (Å²) in [7, 11) is 0. The van der Waals surface area contributed by atoms with Crippen molar-refractivity contribution in [2.24, 2.45) is 0 Å². The van der Waals surface area contributed by atoms with Crippen molar-refractivity contribution in [1.82, 2.24) is 0 Å². The zero-order valence-electron chi connectivity index (χ0n) is 16.0. The van der Waals surface area contributed by atoms with Gasteiger partial charge in [-0.3, -0.25) is 9.59 Å². The molecule has 1 unspecified atom stereocenters. The van der Waals surface area contributed by atoms with E-state index in [1.165, 1.54) is 19.1 Å². The van der Waals surface area contributed by atoms with Crippen LogP contribution >= 0.6 is 0 Å². The zero-order valence-corrected chi connectivity index (χ0v) is 16.0. The van der Waals surface area contributed by atoms with Crippen LogP contribution in [0.15, 0.2) is 72.8 Å². The van der Waals surface area contributed by atoms with Gasteiger partial charge < -0.3 is 9.84 Å². The Morgan fingerprint density at radius 2 is 1.66 bits per heavy atom. The van der Waals surface area contributed by atoms with Gasteiger partial charge in [0.1, 0.15) is 24.0 Å². The minimum atomic E-state index is -1.01. The lowest BCUT2D eigenvalue weighted by atomic mass is 9.92. The van der Waals surface area contributed by atoms with Crippen LogP contribution in [0.2, 0.25) is 0 Å². The first-order valence-corrected chi connectivity index (χ1v) is 9.22. The number of rotatable bonds is 8. The van der Waals surface area contributed by atoms with Gasteiger partial charge in [-0.25, -0.2) is 4.39 Å². The molecule has 0 amide bonds. The van der Waals surface area contributed by atoms with Crippen molar-refractivity contribution in [3.63, 3.8) is 0 Å². The van der Waals surface area contributed by atoms with Gasteiger partial charge in [0.15, 0.2) is 0 Å². The molecule has 4 nitrogen and oxygen atoms in total. The fraction of sp³-hybridized carbons (Fsp3) is 0.167. The first-order chi connectivity index (χ1) is 13.9. The van der Waals surface area contributed by atoms with E-state index in [0.717, 1.165) is 16.7 Å². The molecular formula is C24H21FO4. The Kier molecular flexibility index (Phi) is 6.39. The Labute approximate surface area is 168 Å². The van der Waals surface area contributed by atoms with Crippen LogP contribution in [0, 0.1) is 5.82 Å². The van der Waals surface area contributed by atoms with E-state index in [1.807, 2.05) is 24.3 Å². The number of Topliss-reactive ketones (excluding diaryl/α,β-unsaturated/α-hetero) is 1. The summed E-state index contributed by atoms with van der Waals surface area (Å²) in [5.41, 5.74) is 3.51. The van der Waals surface area contributed by atoms with E-state index in [-0.39, 0.29) is 18.0 Å². The van der Waals surface area contributed by atoms with Gasteiger partial charge in [-0.1, -0.05) is 42.5 Å². The van der Waals surface area contributed by atoms with Crippen molar-refractivity contribution in [2.75, 3.05) is 0 Å². The Morgan fingerprint density at radius 3 is 2.28 bits per heavy atom. The van der Waals surface area contributed by atoms with Crippen LogP contribution in [0.1, 0.15) is 30.4 Å². The lowest BCUT2D eigenvalue weighted by Crippen LogP contribution is -2.13. The molecule has 0 saturated heterocycles. The molecule has 29 heavy (non-hydrogen) atoms. The van der Waals surface area contributed by atoms with Gasteiger partial charge in [-0.15, -0.1) is 0 Å². The summed E-state index contributed by atoms with van der Waals surface area (Å²) < 4.78 is 18.9. The standard InChI is InChI=1S/C24H21FO4/c1-16(26)23(14-24(27)28)19-7-11-22(12-8-19)29-15-17-3-2-4-20(13-17)18-5-9-21(25)10-6-18/h2-13,23H,14-15H2,1H3,(H,27,28). The molecule has 0 bridgehead atoms. The summed E-state index contributed by atoms with van der Waals surface area (Å²) in [5.74, 6) is -1.50. The molecular weight excluding hydrogens is 371 g/mol. The largest absolute Gasteiger partial charge is 0.489 e. The van der Waals surface area contributed by atoms with Crippen molar-refractivity contribution >= 4 is 11.8 Å². The molecule has 3 aromatic rings. The van der Waals surface area contributed by atoms with Gasteiger partial charge in [0, 0.05) is 0 Å². The van der Waals surface area contributed by atoms with E-state index >= 15 is 0 Å². The van der Waals surface area contributed by atoms with Crippen molar-refractivity contribution in [1.29, 1.82) is 0 Å². The van der Waals surface area contributed by atoms with Crippen molar-refractivity contribution in [3.8, 4) is 16.9 Å². The average molecular weight is 392 g/mol. The maximum atomic E-state index is 13.1. The topological polar surface area (TPSA) is 63.6 Å². The maximum absolute atomic E-state index is 13.1. The van der Waals surface area contributed by atoms with E-state index in [2.05, 4.69) is 0 Å². The van der Waals surface area contributed by atoms with Gasteiger partial charge in [0.25, 0.3) is 0 Å². The maximum Gasteiger partial charge on any atom is 0.304 e. The Hall–Kier alpha value is -3.47. The van der Waals surface area contributed by atoms with E-state index in [9.17, 15) is 14.0 Å². The molecule has 0 aliphatic rings. The Morgan fingerprint density at radius 1 is 0.966 bits per heavy atom. The normalized spacial score (nSPS) is 11.7. The lowest BCUT2D eigenvalue weighted by molar-refractivity contribution is -0.139. The van der Waals surface area contributed by atoms with Crippen LogP contribution in [-0.2, 0) is 16.2 Å². The molecule has 0 aliphatic heterocycles. The molecule has 0 saturated carbocycles. The Bertz CT molecular complexity index is 994. The molecule has 5 heteroatoms. The van der Waals surface area contributed by atoms with Gasteiger partial charge in [0.2, 0.25) is 0 Å². The molecule has 0 aromatic heterocycles. The van der Waals surface area contributed by atoms with E-state index in [0.29, 0.717) is 17.9 Å². The lowest BCUT2D eigenvalue weighted by Gasteiger charge is -2.13. The molecule has 0 spiro atoms. The molecule has 3 rings (SSSR count). The second-order valence-corrected chi connectivity index (χ2v) is 6.83. The number of ketones is 1. The minimum Gasteiger partial charge on any atom is -0.489 e. The van der Waals surface area contributed by atoms with Crippen LogP contribution in [0.25, 0.3) is 11.1 Å². The molecule has 0 fully saturated rings.